The van der Waals surface area contributed by atoms with Crippen LogP contribution in [0.15, 0.2) is 23.2 Å². The van der Waals surface area contributed by atoms with Gasteiger partial charge in [-0.25, -0.2) is 9.78 Å². The van der Waals surface area contributed by atoms with Crippen molar-refractivity contribution in [3.05, 3.63) is 56.6 Å². The maximum Gasteiger partial charge on any atom is 0.343 e. The molecule has 0 amide bonds. The number of aromatic nitrogens is 2. The number of esters is 1. The molecule has 0 radical (unpaired) electrons. The zero-order valence-corrected chi connectivity index (χ0v) is 19.5. The van der Waals surface area contributed by atoms with E-state index in [1.165, 1.54) is 0 Å². The molecule has 0 fully saturated rings. The minimum atomic E-state index is -1.84. The van der Waals surface area contributed by atoms with Gasteiger partial charge < -0.3 is 24.5 Å². The molecule has 3 aromatic rings. The number of rotatable bonds is 3. The number of carbonyl (C=O) groups excluding carboxylic acids is 1. The van der Waals surface area contributed by atoms with E-state index in [2.05, 4.69) is 19.2 Å². The van der Waals surface area contributed by atoms with Crippen LogP contribution in [0.25, 0.3) is 28.4 Å². The highest BCUT2D eigenvalue weighted by atomic mass is 16.6. The van der Waals surface area contributed by atoms with E-state index in [9.17, 15) is 14.7 Å². The Labute approximate surface area is 195 Å². The topological polar surface area (TPSA) is 103 Å². The van der Waals surface area contributed by atoms with Gasteiger partial charge in [0.15, 0.2) is 11.4 Å². The van der Waals surface area contributed by atoms with Gasteiger partial charge >= 0.3 is 5.97 Å². The molecule has 0 bridgehead atoms. The summed E-state index contributed by atoms with van der Waals surface area (Å²) in [5.74, 6) is 0.00983. The van der Waals surface area contributed by atoms with Crippen LogP contribution in [0, 0.1) is 6.92 Å². The summed E-state index contributed by atoms with van der Waals surface area (Å²) in [5, 5.41) is 15.5. The molecule has 174 valence electrons. The Balaban J connectivity index is 1.64. The largest absolute Gasteiger partial charge is 0.462 e. The first kappa shape index (κ1) is 20.9. The Morgan fingerprint density at radius 1 is 1.26 bits per heavy atom. The summed E-state index contributed by atoms with van der Waals surface area (Å²) in [4.78, 5) is 30.8. The van der Waals surface area contributed by atoms with Crippen LogP contribution in [0.1, 0.15) is 55.0 Å². The lowest BCUT2D eigenvalue weighted by atomic mass is 9.86. The Kier molecular flexibility index (Phi) is 4.26. The Morgan fingerprint density at radius 3 is 2.79 bits per heavy atom. The van der Waals surface area contributed by atoms with Gasteiger partial charge in [0.2, 0.25) is 0 Å². The van der Waals surface area contributed by atoms with Crippen LogP contribution in [-0.2, 0) is 28.3 Å². The van der Waals surface area contributed by atoms with Gasteiger partial charge in [-0.15, -0.1) is 0 Å². The quantitative estimate of drug-likeness (QED) is 0.452. The predicted molar refractivity (Wildman–Crippen MR) is 128 cm³/mol. The van der Waals surface area contributed by atoms with Gasteiger partial charge in [-0.1, -0.05) is 6.92 Å². The molecule has 3 aliphatic rings. The molecule has 34 heavy (non-hydrogen) atoms. The van der Waals surface area contributed by atoms with Crippen LogP contribution < -0.4 is 15.6 Å². The summed E-state index contributed by atoms with van der Waals surface area (Å²) >= 11 is 0. The lowest BCUT2D eigenvalue weighted by Gasteiger charge is -2.31. The number of hydrogen-bond acceptors (Lipinski definition) is 7. The molecule has 6 rings (SSSR count). The van der Waals surface area contributed by atoms with E-state index < -0.39 is 11.6 Å². The normalized spacial score (nSPS) is 19.5. The molecular weight excluding hydrogens is 434 g/mol. The molecule has 0 spiro atoms. The fourth-order valence-corrected chi connectivity index (χ4v) is 5.31. The van der Waals surface area contributed by atoms with E-state index >= 15 is 0 Å². The maximum atomic E-state index is 13.5. The third-order valence-electron chi connectivity index (χ3n) is 7.03. The number of nitrogens with one attached hydrogen (secondary N) is 1. The molecule has 2 aromatic heterocycles. The summed E-state index contributed by atoms with van der Waals surface area (Å²) < 4.78 is 12.8. The van der Waals surface area contributed by atoms with Crippen molar-refractivity contribution in [2.75, 3.05) is 5.32 Å². The number of hydrogen-bond donors (Lipinski definition) is 2. The van der Waals surface area contributed by atoms with Crippen molar-refractivity contribution in [1.82, 2.24) is 9.55 Å². The third-order valence-corrected chi connectivity index (χ3v) is 7.03. The van der Waals surface area contributed by atoms with E-state index in [1.807, 2.05) is 19.1 Å². The van der Waals surface area contributed by atoms with E-state index in [0.29, 0.717) is 29.1 Å². The Morgan fingerprint density at radius 2 is 2.06 bits per heavy atom. The average Bonchev–Trinajstić information content (AvgIpc) is 3.18. The zero-order chi connectivity index (χ0) is 23.9. The summed E-state index contributed by atoms with van der Waals surface area (Å²) in [6.45, 7) is 8.07. The molecule has 0 saturated carbocycles. The van der Waals surface area contributed by atoms with E-state index in [-0.39, 0.29) is 24.6 Å². The van der Waals surface area contributed by atoms with Crippen molar-refractivity contribution >= 4 is 28.6 Å². The SMILES string of the molecule is CC[C@@]1(O)C(=O)OCc2c1cc1n(c2=O)Cc2c-1nc1cc(C)c(NC(C)C)c3c1c2C=CO3. The molecule has 2 N–H and O–H groups in total. The predicted octanol–water partition coefficient (Wildman–Crippen LogP) is 3.57. The highest BCUT2D eigenvalue weighted by molar-refractivity contribution is 6.02. The van der Waals surface area contributed by atoms with Crippen molar-refractivity contribution in [3.8, 4) is 17.1 Å². The zero-order valence-electron chi connectivity index (χ0n) is 19.5. The standard InChI is InChI=1S/C26H25N3O5/c1-5-26(32)17-9-19-22-15(10-29(19)24(30)16(17)11-34-25(26)31)14-6-7-33-23-20(14)18(28-22)8-13(4)21(23)27-12(2)3/h6-9,12,27,32H,5,10-11H2,1-4H3/t26-/m0/s1. The van der Waals surface area contributed by atoms with Gasteiger partial charge in [0, 0.05) is 17.2 Å². The van der Waals surface area contributed by atoms with Gasteiger partial charge in [0.05, 0.1) is 46.3 Å². The smallest absolute Gasteiger partial charge is 0.343 e. The minimum absolute atomic E-state index is 0.110. The van der Waals surface area contributed by atoms with Crippen molar-refractivity contribution < 1.29 is 19.4 Å². The Hall–Kier alpha value is -3.65. The second-order valence-electron chi connectivity index (χ2n) is 9.47. The highest BCUT2D eigenvalue weighted by Gasteiger charge is 2.45. The molecule has 0 unspecified atom stereocenters. The third kappa shape index (κ3) is 2.60. The van der Waals surface area contributed by atoms with Crippen molar-refractivity contribution in [2.45, 2.75) is 58.9 Å². The van der Waals surface area contributed by atoms with E-state index in [4.69, 9.17) is 14.5 Å². The number of fused-ring (bicyclic) bond motifs is 5. The number of aryl methyl sites for hydroxylation is 1. The monoisotopic (exact) mass is 459 g/mol. The van der Waals surface area contributed by atoms with Crippen LogP contribution in [0.4, 0.5) is 5.69 Å². The van der Waals surface area contributed by atoms with Crippen LogP contribution in [0.3, 0.4) is 0 Å². The Bertz CT molecular complexity index is 1520. The number of carbonyl (C=O) groups is 1. The number of pyridine rings is 2. The molecule has 8 nitrogen and oxygen atoms in total. The second-order valence-corrected chi connectivity index (χ2v) is 9.47. The molecule has 0 aliphatic carbocycles. The van der Waals surface area contributed by atoms with Gasteiger partial charge in [0.1, 0.15) is 6.61 Å². The molecule has 1 aromatic carbocycles. The van der Waals surface area contributed by atoms with Crippen LogP contribution >= 0.6 is 0 Å². The van der Waals surface area contributed by atoms with Crippen LogP contribution in [0.2, 0.25) is 0 Å². The van der Waals surface area contributed by atoms with E-state index in [1.54, 1.807) is 23.8 Å². The summed E-state index contributed by atoms with van der Waals surface area (Å²) in [5.41, 5.74) is 4.39. The van der Waals surface area contributed by atoms with Crippen LogP contribution in [-0.4, -0.2) is 26.7 Å². The number of aliphatic hydroxyl groups is 1. The van der Waals surface area contributed by atoms with Gasteiger partial charge in [-0.3, -0.25) is 4.79 Å². The lowest BCUT2D eigenvalue weighted by Crippen LogP contribution is -2.44. The fraction of sp³-hybridized carbons (Fsp3) is 0.346. The van der Waals surface area contributed by atoms with Gasteiger partial charge in [-0.05, 0) is 56.5 Å². The van der Waals surface area contributed by atoms with E-state index in [0.717, 1.165) is 39.0 Å². The second kappa shape index (κ2) is 6.93. The molecule has 8 heteroatoms. The average molecular weight is 460 g/mol. The highest BCUT2D eigenvalue weighted by Crippen LogP contribution is 2.46. The van der Waals surface area contributed by atoms with Gasteiger partial charge in [0.25, 0.3) is 5.56 Å². The van der Waals surface area contributed by atoms with Gasteiger partial charge in [-0.2, -0.15) is 0 Å². The van der Waals surface area contributed by atoms with Crippen molar-refractivity contribution in [2.24, 2.45) is 0 Å². The number of anilines is 1. The first-order valence-electron chi connectivity index (χ1n) is 11.5. The molecule has 0 saturated heterocycles. The summed E-state index contributed by atoms with van der Waals surface area (Å²) in [6.07, 6.45) is 3.69. The number of cyclic esters (lactones) is 1. The number of ether oxygens (including phenoxy) is 2. The maximum absolute atomic E-state index is 13.5. The molecule has 1 atom stereocenters. The summed E-state index contributed by atoms with van der Waals surface area (Å²) in [7, 11) is 0. The number of nitrogens with zero attached hydrogens (tertiary/aromatic N) is 2. The van der Waals surface area contributed by atoms with Crippen molar-refractivity contribution in [3.63, 3.8) is 0 Å². The first-order valence-corrected chi connectivity index (χ1v) is 11.5. The van der Waals surface area contributed by atoms with Crippen molar-refractivity contribution in [1.29, 1.82) is 0 Å². The number of benzene rings is 1. The summed E-state index contributed by atoms with van der Waals surface area (Å²) in [6, 6.07) is 3.99. The minimum Gasteiger partial charge on any atom is -0.462 e. The molecule has 5 heterocycles. The first-order chi connectivity index (χ1) is 16.2. The fourth-order valence-electron chi connectivity index (χ4n) is 5.31. The lowest BCUT2D eigenvalue weighted by molar-refractivity contribution is -0.172. The molecular formula is C26H25N3O5. The molecule has 3 aliphatic heterocycles. The van der Waals surface area contributed by atoms with Crippen LogP contribution in [0.5, 0.6) is 5.75 Å².